The Kier molecular flexibility index (Phi) is 1.69. The molecule has 0 amide bonds. The number of fused-ring (bicyclic) bond motifs is 3. The van der Waals surface area contributed by atoms with Gasteiger partial charge in [-0.15, -0.1) is 0 Å². The molecule has 0 aliphatic carbocycles. The van der Waals surface area contributed by atoms with Gasteiger partial charge in [0, 0.05) is 17.4 Å². The number of nitrogens with one attached hydrogen (secondary N) is 1. The summed E-state index contributed by atoms with van der Waals surface area (Å²) < 4.78 is 13.1. The first-order chi connectivity index (χ1) is 7.25. The summed E-state index contributed by atoms with van der Waals surface area (Å²) in [5.41, 5.74) is 4.30. The van der Waals surface area contributed by atoms with E-state index in [0.717, 1.165) is 35.3 Å². The fourth-order valence-electron chi connectivity index (χ4n) is 2.20. The molecular formula is C12H11FN2. The zero-order valence-electron chi connectivity index (χ0n) is 8.47. The van der Waals surface area contributed by atoms with Crippen molar-refractivity contribution in [3.8, 4) is 0 Å². The van der Waals surface area contributed by atoms with Crippen molar-refractivity contribution in [1.29, 1.82) is 0 Å². The second-order valence-electron chi connectivity index (χ2n) is 3.89. The van der Waals surface area contributed by atoms with Gasteiger partial charge in [-0.05, 0) is 37.1 Å². The maximum atomic E-state index is 13.1. The molecule has 2 nitrogen and oxygen atoms in total. The second kappa shape index (κ2) is 2.92. The van der Waals surface area contributed by atoms with Crippen LogP contribution < -0.4 is 0 Å². The van der Waals surface area contributed by atoms with E-state index in [-0.39, 0.29) is 5.82 Å². The van der Waals surface area contributed by atoms with Crippen LogP contribution in [0.2, 0.25) is 0 Å². The van der Waals surface area contributed by atoms with Crippen LogP contribution in [-0.4, -0.2) is 17.2 Å². The van der Waals surface area contributed by atoms with Gasteiger partial charge in [-0.3, -0.25) is 4.99 Å². The number of aromatic amines is 1. The van der Waals surface area contributed by atoms with Crippen LogP contribution in [0.4, 0.5) is 4.39 Å². The van der Waals surface area contributed by atoms with Crippen LogP contribution in [0.25, 0.3) is 10.9 Å². The molecular weight excluding hydrogens is 191 g/mol. The number of hydrogen-bond acceptors (Lipinski definition) is 1. The van der Waals surface area contributed by atoms with Crippen LogP contribution in [0.15, 0.2) is 23.2 Å². The summed E-state index contributed by atoms with van der Waals surface area (Å²) in [6, 6.07) is 4.87. The van der Waals surface area contributed by atoms with E-state index >= 15 is 0 Å². The average molecular weight is 202 g/mol. The lowest BCUT2D eigenvalue weighted by molar-refractivity contribution is 0.629. The molecule has 15 heavy (non-hydrogen) atoms. The third kappa shape index (κ3) is 1.19. The van der Waals surface area contributed by atoms with E-state index in [0.29, 0.717) is 0 Å². The molecule has 0 bridgehead atoms. The topological polar surface area (TPSA) is 28.1 Å². The van der Waals surface area contributed by atoms with E-state index in [4.69, 9.17) is 0 Å². The van der Waals surface area contributed by atoms with Gasteiger partial charge in [-0.25, -0.2) is 4.39 Å². The predicted molar refractivity (Wildman–Crippen MR) is 59.0 cm³/mol. The number of halogens is 1. The summed E-state index contributed by atoms with van der Waals surface area (Å²) in [5.74, 6) is -0.176. The Bertz CT molecular complexity index is 566. The van der Waals surface area contributed by atoms with Gasteiger partial charge in [0.1, 0.15) is 5.82 Å². The molecule has 1 aromatic carbocycles. The average Bonchev–Trinajstić information content (AvgIpc) is 2.58. The van der Waals surface area contributed by atoms with Gasteiger partial charge in [0.25, 0.3) is 0 Å². The Morgan fingerprint density at radius 3 is 3.13 bits per heavy atom. The fraction of sp³-hybridized carbons (Fsp3) is 0.250. The van der Waals surface area contributed by atoms with E-state index in [1.165, 1.54) is 11.6 Å². The monoisotopic (exact) mass is 202 g/mol. The molecule has 0 unspecified atom stereocenters. The molecule has 1 aromatic heterocycles. The quantitative estimate of drug-likeness (QED) is 0.680. The van der Waals surface area contributed by atoms with Gasteiger partial charge in [-0.1, -0.05) is 0 Å². The minimum atomic E-state index is -0.176. The number of aromatic nitrogens is 1. The highest BCUT2D eigenvalue weighted by molar-refractivity contribution is 6.04. The number of benzene rings is 1. The summed E-state index contributed by atoms with van der Waals surface area (Å²) in [6.07, 6.45) is 0.899. The van der Waals surface area contributed by atoms with E-state index in [1.54, 1.807) is 12.1 Å². The number of H-pyrrole nitrogens is 1. The lowest BCUT2D eigenvalue weighted by atomic mass is 10.0. The second-order valence-corrected chi connectivity index (χ2v) is 3.89. The van der Waals surface area contributed by atoms with Gasteiger partial charge in [0.05, 0.1) is 11.4 Å². The van der Waals surface area contributed by atoms with Crippen molar-refractivity contribution in [2.45, 2.75) is 13.3 Å². The SMILES string of the molecule is CC1=NCCc2c1[nH]c1ccc(F)cc21. The maximum Gasteiger partial charge on any atom is 0.123 e. The molecule has 3 rings (SSSR count). The molecule has 0 radical (unpaired) electrons. The maximum absolute atomic E-state index is 13.1. The number of hydrogen-bond donors (Lipinski definition) is 1. The van der Waals surface area contributed by atoms with Gasteiger partial charge in [0.15, 0.2) is 0 Å². The Morgan fingerprint density at radius 1 is 1.40 bits per heavy atom. The lowest BCUT2D eigenvalue weighted by Gasteiger charge is -2.08. The molecule has 1 N–H and O–H groups in total. The molecule has 0 fully saturated rings. The molecule has 0 spiro atoms. The summed E-state index contributed by atoms with van der Waals surface area (Å²) in [5, 5.41) is 0.999. The van der Waals surface area contributed by atoms with E-state index < -0.39 is 0 Å². The van der Waals surface area contributed by atoms with E-state index in [1.807, 2.05) is 6.92 Å². The van der Waals surface area contributed by atoms with Gasteiger partial charge in [-0.2, -0.15) is 0 Å². The molecule has 0 saturated carbocycles. The van der Waals surface area contributed by atoms with E-state index in [2.05, 4.69) is 9.98 Å². The summed E-state index contributed by atoms with van der Waals surface area (Å²) in [4.78, 5) is 7.68. The molecule has 76 valence electrons. The van der Waals surface area contributed by atoms with Crippen LogP contribution in [-0.2, 0) is 6.42 Å². The number of nitrogens with zero attached hydrogens (tertiary/aromatic N) is 1. The zero-order chi connectivity index (χ0) is 10.4. The Balaban J connectivity index is 2.38. The number of rotatable bonds is 0. The highest BCUT2D eigenvalue weighted by atomic mass is 19.1. The summed E-state index contributed by atoms with van der Waals surface area (Å²) in [7, 11) is 0. The zero-order valence-corrected chi connectivity index (χ0v) is 8.47. The van der Waals surface area contributed by atoms with Crippen molar-refractivity contribution in [3.63, 3.8) is 0 Å². The molecule has 2 heterocycles. The van der Waals surface area contributed by atoms with Crippen molar-refractivity contribution in [1.82, 2.24) is 4.98 Å². The van der Waals surface area contributed by atoms with E-state index in [9.17, 15) is 4.39 Å². The fourth-order valence-corrected chi connectivity index (χ4v) is 2.20. The first-order valence-electron chi connectivity index (χ1n) is 5.07. The minimum Gasteiger partial charge on any atom is -0.353 e. The van der Waals surface area contributed by atoms with Crippen molar-refractivity contribution >= 4 is 16.6 Å². The van der Waals surface area contributed by atoms with Crippen molar-refractivity contribution in [2.75, 3.05) is 6.54 Å². The summed E-state index contributed by atoms with van der Waals surface area (Å²) >= 11 is 0. The van der Waals surface area contributed by atoms with Crippen LogP contribution >= 0.6 is 0 Å². The third-order valence-electron chi connectivity index (χ3n) is 2.94. The third-order valence-corrected chi connectivity index (χ3v) is 2.94. The lowest BCUT2D eigenvalue weighted by Crippen LogP contribution is -2.08. The Morgan fingerprint density at radius 2 is 2.27 bits per heavy atom. The molecule has 1 aliphatic rings. The van der Waals surface area contributed by atoms with Crippen LogP contribution in [0.5, 0.6) is 0 Å². The predicted octanol–water partition coefficient (Wildman–Crippen LogP) is 2.67. The first-order valence-corrected chi connectivity index (χ1v) is 5.07. The molecule has 3 heteroatoms. The van der Waals surface area contributed by atoms with Crippen LogP contribution in [0, 0.1) is 5.82 Å². The van der Waals surface area contributed by atoms with Crippen LogP contribution in [0.3, 0.4) is 0 Å². The molecule has 0 atom stereocenters. The smallest absolute Gasteiger partial charge is 0.123 e. The van der Waals surface area contributed by atoms with Crippen molar-refractivity contribution < 1.29 is 4.39 Å². The standard InChI is InChI=1S/C12H11FN2/c1-7-12-9(4-5-14-7)10-6-8(13)2-3-11(10)15-12/h2-3,6,15H,4-5H2,1H3. The largest absolute Gasteiger partial charge is 0.353 e. The highest BCUT2D eigenvalue weighted by Gasteiger charge is 2.16. The highest BCUT2D eigenvalue weighted by Crippen LogP contribution is 2.26. The first kappa shape index (κ1) is 8.65. The van der Waals surface area contributed by atoms with Crippen molar-refractivity contribution in [3.05, 3.63) is 35.3 Å². The van der Waals surface area contributed by atoms with Gasteiger partial charge < -0.3 is 4.98 Å². The molecule has 1 aliphatic heterocycles. The van der Waals surface area contributed by atoms with Crippen molar-refractivity contribution in [2.24, 2.45) is 4.99 Å². The van der Waals surface area contributed by atoms with Gasteiger partial charge >= 0.3 is 0 Å². The van der Waals surface area contributed by atoms with Crippen LogP contribution in [0.1, 0.15) is 18.2 Å². The summed E-state index contributed by atoms with van der Waals surface area (Å²) in [6.45, 7) is 2.80. The molecule has 0 saturated heterocycles. The Hall–Kier alpha value is -1.64. The normalized spacial score (nSPS) is 15.2. The van der Waals surface area contributed by atoms with Gasteiger partial charge in [0.2, 0.25) is 0 Å². The Labute approximate surface area is 86.8 Å². The molecule has 2 aromatic rings. The number of aliphatic imine (C=N–C) groups is 1. The minimum absolute atomic E-state index is 0.176.